The van der Waals surface area contributed by atoms with Crippen molar-refractivity contribution in [2.24, 2.45) is 0 Å². The number of carbonyl (C=O) groups is 1. The lowest BCUT2D eigenvalue weighted by molar-refractivity contribution is 0.0694. The van der Waals surface area contributed by atoms with Crippen molar-refractivity contribution >= 4 is 23.1 Å². The van der Waals surface area contributed by atoms with Crippen LogP contribution in [0.15, 0.2) is 46.9 Å². The van der Waals surface area contributed by atoms with Gasteiger partial charge < -0.3 is 19.9 Å². The smallest absolute Gasteiger partial charge is 0.339 e. The maximum atomic E-state index is 10.9. The van der Waals surface area contributed by atoms with E-state index in [1.807, 2.05) is 30.3 Å². The first-order valence-electron chi connectivity index (χ1n) is 6.28. The first kappa shape index (κ1) is 13.0. The maximum absolute atomic E-state index is 10.9. The summed E-state index contributed by atoms with van der Waals surface area (Å²) in [5.74, 6) is -1.56. The SMILES string of the molecule is O=C(O)c1cc2nc(NCc3ccccc3)oc2cc1O. The number of carboxylic acid groups (broad SMARTS) is 1. The molecule has 106 valence electrons. The number of aromatic carboxylic acids is 1. The van der Waals surface area contributed by atoms with Gasteiger partial charge in [-0.3, -0.25) is 0 Å². The van der Waals surface area contributed by atoms with E-state index in [4.69, 9.17) is 9.52 Å². The van der Waals surface area contributed by atoms with E-state index in [0.29, 0.717) is 17.6 Å². The molecule has 21 heavy (non-hydrogen) atoms. The zero-order chi connectivity index (χ0) is 14.8. The summed E-state index contributed by atoms with van der Waals surface area (Å²) in [6, 6.07) is 12.5. The molecule has 3 aromatic rings. The molecule has 0 saturated carbocycles. The number of benzene rings is 2. The Morgan fingerprint density at radius 3 is 2.71 bits per heavy atom. The first-order valence-corrected chi connectivity index (χ1v) is 6.28. The van der Waals surface area contributed by atoms with Crippen molar-refractivity contribution in [1.82, 2.24) is 4.98 Å². The molecule has 6 heteroatoms. The van der Waals surface area contributed by atoms with Gasteiger partial charge >= 0.3 is 5.97 Å². The van der Waals surface area contributed by atoms with E-state index in [1.54, 1.807) is 0 Å². The van der Waals surface area contributed by atoms with Gasteiger partial charge in [-0.15, -0.1) is 0 Å². The highest BCUT2D eigenvalue weighted by Gasteiger charge is 2.14. The molecule has 0 atom stereocenters. The standard InChI is InChI=1S/C15H12N2O4/c18-12-7-13-11(6-10(12)14(19)20)17-15(21-13)16-8-9-4-2-1-3-5-9/h1-7,18H,8H2,(H,16,17)(H,19,20). The molecule has 0 fully saturated rings. The van der Waals surface area contributed by atoms with Gasteiger partial charge in [-0.05, 0) is 11.6 Å². The molecule has 0 spiro atoms. The van der Waals surface area contributed by atoms with Crippen LogP contribution in [0.2, 0.25) is 0 Å². The number of aromatic nitrogens is 1. The van der Waals surface area contributed by atoms with Crippen LogP contribution in [-0.2, 0) is 6.54 Å². The largest absolute Gasteiger partial charge is 0.507 e. The second kappa shape index (κ2) is 5.16. The Labute approximate surface area is 119 Å². The Bertz CT molecular complexity index is 796. The highest BCUT2D eigenvalue weighted by molar-refractivity contribution is 5.95. The lowest BCUT2D eigenvalue weighted by Crippen LogP contribution is -1.98. The number of oxazole rings is 1. The van der Waals surface area contributed by atoms with E-state index in [2.05, 4.69) is 10.3 Å². The number of hydrogen-bond donors (Lipinski definition) is 3. The summed E-state index contributed by atoms with van der Waals surface area (Å²) in [5.41, 5.74) is 1.56. The first-order chi connectivity index (χ1) is 10.1. The number of hydrogen-bond acceptors (Lipinski definition) is 5. The van der Waals surface area contributed by atoms with E-state index in [1.165, 1.54) is 12.1 Å². The quantitative estimate of drug-likeness (QED) is 0.681. The van der Waals surface area contributed by atoms with Gasteiger partial charge in [0.15, 0.2) is 5.58 Å². The van der Waals surface area contributed by atoms with Gasteiger partial charge in [-0.1, -0.05) is 30.3 Å². The van der Waals surface area contributed by atoms with Crippen LogP contribution in [0.4, 0.5) is 6.01 Å². The molecule has 1 heterocycles. The molecule has 0 amide bonds. The summed E-state index contributed by atoms with van der Waals surface area (Å²) in [6.45, 7) is 0.533. The number of rotatable bonds is 4. The van der Waals surface area contributed by atoms with Gasteiger partial charge in [0, 0.05) is 12.6 Å². The zero-order valence-corrected chi connectivity index (χ0v) is 10.9. The van der Waals surface area contributed by atoms with Gasteiger partial charge in [0.05, 0.1) is 0 Å². The van der Waals surface area contributed by atoms with E-state index >= 15 is 0 Å². The number of nitrogens with one attached hydrogen (secondary N) is 1. The monoisotopic (exact) mass is 284 g/mol. The lowest BCUT2D eigenvalue weighted by atomic mass is 10.2. The molecule has 6 nitrogen and oxygen atoms in total. The second-order valence-corrected chi connectivity index (χ2v) is 4.50. The summed E-state index contributed by atoms with van der Waals surface area (Å²) in [6.07, 6.45) is 0. The van der Waals surface area contributed by atoms with E-state index < -0.39 is 5.97 Å². The summed E-state index contributed by atoms with van der Waals surface area (Å²) in [7, 11) is 0. The predicted molar refractivity (Wildman–Crippen MR) is 76.4 cm³/mol. The van der Waals surface area contributed by atoms with Crippen molar-refractivity contribution in [3.05, 3.63) is 53.6 Å². The zero-order valence-electron chi connectivity index (χ0n) is 10.9. The van der Waals surface area contributed by atoms with Crippen molar-refractivity contribution < 1.29 is 19.4 Å². The number of aromatic hydroxyl groups is 1. The molecule has 3 rings (SSSR count). The number of anilines is 1. The molecule has 0 radical (unpaired) electrons. The fraction of sp³-hybridized carbons (Fsp3) is 0.0667. The summed E-state index contributed by atoms with van der Waals surface area (Å²) >= 11 is 0. The average molecular weight is 284 g/mol. The van der Waals surface area contributed by atoms with Crippen LogP contribution in [0, 0.1) is 0 Å². The van der Waals surface area contributed by atoms with Crippen molar-refractivity contribution in [3.8, 4) is 5.75 Å². The summed E-state index contributed by atoms with van der Waals surface area (Å²) in [4.78, 5) is 15.1. The third kappa shape index (κ3) is 2.64. The molecule has 0 saturated heterocycles. The summed E-state index contributed by atoms with van der Waals surface area (Å²) < 4.78 is 5.43. The van der Waals surface area contributed by atoms with Crippen LogP contribution < -0.4 is 5.32 Å². The number of nitrogens with zero attached hydrogens (tertiary/aromatic N) is 1. The van der Waals surface area contributed by atoms with Gasteiger partial charge in [-0.2, -0.15) is 4.98 Å². The van der Waals surface area contributed by atoms with Crippen molar-refractivity contribution in [3.63, 3.8) is 0 Å². The minimum absolute atomic E-state index is 0.203. The van der Waals surface area contributed by atoms with Crippen LogP contribution >= 0.6 is 0 Å². The third-order valence-corrected chi connectivity index (χ3v) is 3.02. The fourth-order valence-corrected chi connectivity index (χ4v) is 1.98. The van der Waals surface area contributed by atoms with Gasteiger partial charge in [0.25, 0.3) is 6.01 Å². The molecule has 0 bridgehead atoms. The molecule has 0 unspecified atom stereocenters. The highest BCUT2D eigenvalue weighted by atomic mass is 16.4. The molecule has 0 aliphatic rings. The molecule has 3 N–H and O–H groups in total. The minimum Gasteiger partial charge on any atom is -0.507 e. The number of carboxylic acids is 1. The van der Waals surface area contributed by atoms with E-state index in [-0.39, 0.29) is 17.3 Å². The Hall–Kier alpha value is -3.02. The van der Waals surface area contributed by atoms with Crippen LogP contribution in [0.3, 0.4) is 0 Å². The van der Waals surface area contributed by atoms with Crippen molar-refractivity contribution in [1.29, 1.82) is 0 Å². The van der Waals surface area contributed by atoms with Crippen molar-refractivity contribution in [2.75, 3.05) is 5.32 Å². The van der Waals surface area contributed by atoms with E-state index in [0.717, 1.165) is 5.56 Å². The van der Waals surface area contributed by atoms with Crippen LogP contribution in [0.1, 0.15) is 15.9 Å². The van der Waals surface area contributed by atoms with Crippen LogP contribution in [-0.4, -0.2) is 21.2 Å². The molecule has 1 aromatic heterocycles. The molecular formula is C15H12N2O4. The fourth-order valence-electron chi connectivity index (χ4n) is 1.98. The maximum Gasteiger partial charge on any atom is 0.339 e. The third-order valence-electron chi connectivity index (χ3n) is 3.02. The predicted octanol–water partition coefficient (Wildman–Crippen LogP) is 2.84. The molecule has 0 aliphatic heterocycles. The number of phenols is 1. The van der Waals surface area contributed by atoms with E-state index in [9.17, 15) is 9.90 Å². The van der Waals surface area contributed by atoms with Gasteiger partial charge in [-0.25, -0.2) is 4.79 Å². The van der Waals surface area contributed by atoms with Crippen LogP contribution in [0.25, 0.3) is 11.1 Å². The Morgan fingerprint density at radius 1 is 1.24 bits per heavy atom. The van der Waals surface area contributed by atoms with Gasteiger partial charge in [0.2, 0.25) is 0 Å². The second-order valence-electron chi connectivity index (χ2n) is 4.50. The summed E-state index contributed by atoms with van der Waals surface area (Å²) in [5, 5.41) is 21.6. The van der Waals surface area contributed by atoms with Gasteiger partial charge in [0.1, 0.15) is 16.8 Å². The normalized spacial score (nSPS) is 10.7. The topological polar surface area (TPSA) is 95.6 Å². The number of fused-ring (bicyclic) bond motifs is 1. The van der Waals surface area contributed by atoms with Crippen molar-refractivity contribution in [2.45, 2.75) is 6.54 Å². The average Bonchev–Trinajstić information content (AvgIpc) is 2.87. The highest BCUT2D eigenvalue weighted by Crippen LogP contribution is 2.27. The molecule has 0 aliphatic carbocycles. The Morgan fingerprint density at radius 2 is 2.00 bits per heavy atom. The Balaban J connectivity index is 1.86. The molecular weight excluding hydrogens is 272 g/mol. The Kier molecular flexibility index (Phi) is 3.19. The lowest BCUT2D eigenvalue weighted by Gasteiger charge is -2.00. The molecule has 2 aromatic carbocycles. The minimum atomic E-state index is -1.21. The van der Waals surface area contributed by atoms with Crippen LogP contribution in [0.5, 0.6) is 5.75 Å².